The van der Waals surface area contributed by atoms with Crippen LogP contribution in [0.5, 0.6) is 0 Å². The van der Waals surface area contributed by atoms with Crippen molar-refractivity contribution in [3.8, 4) is 0 Å². The smallest absolute Gasteiger partial charge is 0.251 e. The van der Waals surface area contributed by atoms with Crippen molar-refractivity contribution >= 4 is 22.8 Å². The van der Waals surface area contributed by atoms with Gasteiger partial charge in [-0.2, -0.15) is 0 Å². The van der Waals surface area contributed by atoms with Crippen LogP contribution in [0.4, 0.5) is 5.88 Å². The van der Waals surface area contributed by atoms with E-state index in [9.17, 15) is 9.59 Å². The van der Waals surface area contributed by atoms with Crippen LogP contribution in [0.3, 0.4) is 0 Å². The molecule has 1 saturated heterocycles. The first-order valence-electron chi connectivity index (χ1n) is 8.38. The summed E-state index contributed by atoms with van der Waals surface area (Å²) in [7, 11) is 3.89. The van der Waals surface area contributed by atoms with Gasteiger partial charge < -0.3 is 24.3 Å². The second-order valence-electron chi connectivity index (χ2n) is 6.32. The summed E-state index contributed by atoms with van der Waals surface area (Å²) < 4.78 is 11.2. The largest absolute Gasteiger partial charge is 0.440 e. The first kappa shape index (κ1) is 17.4. The Morgan fingerprint density at radius 1 is 1.24 bits per heavy atom. The van der Waals surface area contributed by atoms with Gasteiger partial charge in [-0.25, -0.2) is 0 Å². The molecule has 0 radical (unpaired) electrons. The fraction of sp³-hybridized carbons (Fsp3) is 0.444. The molecule has 25 heavy (non-hydrogen) atoms. The summed E-state index contributed by atoms with van der Waals surface area (Å²) in [6.45, 7) is 3.93. The number of fused-ring (bicyclic) bond motifs is 1. The van der Waals surface area contributed by atoms with Gasteiger partial charge in [0.2, 0.25) is 0 Å². The third-order valence-electron chi connectivity index (χ3n) is 4.14. The number of ether oxygens (including phenoxy) is 1. The van der Waals surface area contributed by atoms with Gasteiger partial charge >= 0.3 is 0 Å². The normalized spacial score (nSPS) is 14.9. The third-order valence-corrected chi connectivity index (χ3v) is 4.14. The predicted molar refractivity (Wildman–Crippen MR) is 96.4 cm³/mol. The summed E-state index contributed by atoms with van der Waals surface area (Å²) in [4.78, 5) is 28.7. The zero-order valence-corrected chi connectivity index (χ0v) is 14.6. The van der Waals surface area contributed by atoms with Crippen LogP contribution < -0.4 is 15.6 Å². The lowest BCUT2D eigenvalue weighted by Crippen LogP contribution is -2.36. The number of carbonyl (C=O) groups excluding carboxylic acids is 1. The average Bonchev–Trinajstić information content (AvgIpc) is 2.61. The molecule has 1 fully saturated rings. The molecule has 7 heteroatoms. The van der Waals surface area contributed by atoms with Crippen molar-refractivity contribution in [2.24, 2.45) is 0 Å². The van der Waals surface area contributed by atoms with E-state index in [-0.39, 0.29) is 11.3 Å². The molecule has 1 aromatic carbocycles. The van der Waals surface area contributed by atoms with Gasteiger partial charge in [0.1, 0.15) is 5.58 Å². The van der Waals surface area contributed by atoms with Gasteiger partial charge in [0.25, 0.3) is 5.91 Å². The molecule has 2 heterocycles. The Kier molecular flexibility index (Phi) is 5.35. The van der Waals surface area contributed by atoms with Crippen molar-refractivity contribution in [2.75, 3.05) is 58.4 Å². The van der Waals surface area contributed by atoms with Gasteiger partial charge in [0, 0.05) is 37.8 Å². The van der Waals surface area contributed by atoms with E-state index in [4.69, 9.17) is 9.15 Å². The van der Waals surface area contributed by atoms with E-state index in [1.54, 1.807) is 18.2 Å². The van der Waals surface area contributed by atoms with Crippen molar-refractivity contribution in [1.82, 2.24) is 10.2 Å². The van der Waals surface area contributed by atoms with Crippen molar-refractivity contribution in [1.29, 1.82) is 0 Å². The Morgan fingerprint density at radius 2 is 2.00 bits per heavy atom. The van der Waals surface area contributed by atoms with Crippen molar-refractivity contribution in [3.05, 3.63) is 40.1 Å². The van der Waals surface area contributed by atoms with Crippen LogP contribution in [0.1, 0.15) is 10.4 Å². The van der Waals surface area contributed by atoms with E-state index < -0.39 is 0 Å². The van der Waals surface area contributed by atoms with E-state index in [0.29, 0.717) is 55.3 Å². The van der Waals surface area contributed by atoms with Crippen LogP contribution in [0.15, 0.2) is 33.5 Å². The van der Waals surface area contributed by atoms with Crippen LogP contribution in [0.2, 0.25) is 0 Å². The Balaban J connectivity index is 1.82. The Hall–Kier alpha value is -2.38. The van der Waals surface area contributed by atoms with Crippen LogP contribution in [0, 0.1) is 0 Å². The Bertz CT molecular complexity index is 810. The number of morpholine rings is 1. The number of nitrogens with zero attached hydrogens (tertiary/aromatic N) is 2. The molecule has 1 N–H and O–H groups in total. The summed E-state index contributed by atoms with van der Waals surface area (Å²) in [5, 5.41) is 3.26. The molecule has 1 aliphatic heterocycles. The first-order chi connectivity index (χ1) is 12.0. The fourth-order valence-corrected chi connectivity index (χ4v) is 2.72. The molecule has 0 atom stereocenters. The third kappa shape index (κ3) is 4.18. The van der Waals surface area contributed by atoms with Crippen LogP contribution in [0.25, 0.3) is 11.0 Å². The topological polar surface area (TPSA) is 75.0 Å². The molecule has 2 aromatic rings. The fourth-order valence-electron chi connectivity index (χ4n) is 2.72. The second-order valence-corrected chi connectivity index (χ2v) is 6.32. The van der Waals surface area contributed by atoms with E-state index in [1.165, 1.54) is 6.07 Å². The number of likely N-dealkylation sites (N-methyl/N-ethyl adjacent to an activating group) is 1. The number of rotatable bonds is 5. The highest BCUT2D eigenvalue weighted by Crippen LogP contribution is 2.21. The van der Waals surface area contributed by atoms with Crippen molar-refractivity contribution in [3.63, 3.8) is 0 Å². The average molecular weight is 345 g/mol. The standard InChI is InChI=1S/C18H23N3O4/c1-20(2)6-5-19-18(23)13-3-4-16-14(11-13)15(22)12-17(25-16)21-7-9-24-10-8-21/h3-4,11-12H,5-10H2,1-2H3,(H,19,23). The zero-order valence-electron chi connectivity index (χ0n) is 14.6. The van der Waals surface area contributed by atoms with Gasteiger partial charge in [-0.05, 0) is 32.3 Å². The zero-order chi connectivity index (χ0) is 17.8. The Morgan fingerprint density at radius 3 is 2.72 bits per heavy atom. The molecular formula is C18H23N3O4. The van der Waals surface area contributed by atoms with Crippen molar-refractivity contribution in [2.45, 2.75) is 0 Å². The Labute approximate surface area is 146 Å². The van der Waals surface area contributed by atoms with Gasteiger partial charge in [-0.3, -0.25) is 9.59 Å². The van der Waals surface area contributed by atoms with E-state index in [0.717, 1.165) is 6.54 Å². The van der Waals surface area contributed by atoms with Crippen LogP contribution in [-0.4, -0.2) is 64.3 Å². The summed E-state index contributed by atoms with van der Waals surface area (Å²) in [5.41, 5.74) is 0.794. The molecule has 1 amide bonds. The highest BCUT2D eigenvalue weighted by atomic mass is 16.5. The lowest BCUT2D eigenvalue weighted by molar-refractivity contribution is 0.0951. The number of amides is 1. The monoisotopic (exact) mass is 345 g/mol. The minimum atomic E-state index is -0.194. The molecule has 0 aliphatic carbocycles. The minimum Gasteiger partial charge on any atom is -0.440 e. The summed E-state index contributed by atoms with van der Waals surface area (Å²) in [6.07, 6.45) is 0. The minimum absolute atomic E-state index is 0.148. The summed E-state index contributed by atoms with van der Waals surface area (Å²) >= 11 is 0. The maximum Gasteiger partial charge on any atom is 0.251 e. The highest BCUT2D eigenvalue weighted by Gasteiger charge is 2.16. The summed E-state index contributed by atoms with van der Waals surface area (Å²) in [6, 6.07) is 6.44. The number of hydrogen-bond donors (Lipinski definition) is 1. The lowest BCUT2D eigenvalue weighted by atomic mass is 10.1. The molecule has 0 bridgehead atoms. The van der Waals surface area contributed by atoms with E-state index in [1.807, 2.05) is 23.9 Å². The first-order valence-corrected chi connectivity index (χ1v) is 8.38. The molecule has 134 valence electrons. The molecule has 1 aliphatic rings. The molecule has 1 aromatic heterocycles. The number of benzene rings is 1. The number of nitrogens with one attached hydrogen (secondary N) is 1. The van der Waals surface area contributed by atoms with E-state index >= 15 is 0 Å². The van der Waals surface area contributed by atoms with Crippen LogP contribution >= 0.6 is 0 Å². The molecule has 0 saturated carbocycles. The molecule has 0 spiro atoms. The maximum absolute atomic E-state index is 12.5. The molecular weight excluding hydrogens is 322 g/mol. The molecule has 7 nitrogen and oxygen atoms in total. The number of anilines is 1. The maximum atomic E-state index is 12.5. The van der Waals surface area contributed by atoms with Gasteiger partial charge in [0.05, 0.1) is 18.6 Å². The SMILES string of the molecule is CN(C)CCNC(=O)c1ccc2oc(N3CCOCC3)cc(=O)c2c1. The van der Waals surface area contributed by atoms with Crippen LogP contribution in [-0.2, 0) is 4.74 Å². The van der Waals surface area contributed by atoms with Crippen molar-refractivity contribution < 1.29 is 13.9 Å². The highest BCUT2D eigenvalue weighted by molar-refractivity contribution is 5.97. The second kappa shape index (κ2) is 7.67. The lowest BCUT2D eigenvalue weighted by Gasteiger charge is -2.27. The number of carbonyl (C=O) groups is 1. The quantitative estimate of drug-likeness (QED) is 0.869. The summed E-state index contributed by atoms with van der Waals surface area (Å²) in [5.74, 6) is 0.351. The van der Waals surface area contributed by atoms with Gasteiger partial charge in [0.15, 0.2) is 11.3 Å². The van der Waals surface area contributed by atoms with E-state index in [2.05, 4.69) is 5.32 Å². The number of hydrogen-bond acceptors (Lipinski definition) is 6. The van der Waals surface area contributed by atoms with Gasteiger partial charge in [-0.1, -0.05) is 0 Å². The predicted octanol–water partition coefficient (Wildman–Crippen LogP) is 0.921. The molecule has 3 rings (SSSR count). The molecule has 0 unspecified atom stereocenters. The van der Waals surface area contributed by atoms with Gasteiger partial charge in [-0.15, -0.1) is 0 Å².